The summed E-state index contributed by atoms with van der Waals surface area (Å²) in [6.45, 7) is 7.08. The lowest BCUT2D eigenvalue weighted by molar-refractivity contribution is -0.133. The monoisotopic (exact) mass is 474 g/mol. The number of benzene rings is 2. The van der Waals surface area contributed by atoms with Gasteiger partial charge in [0.25, 0.3) is 5.91 Å². The summed E-state index contributed by atoms with van der Waals surface area (Å²) in [6.07, 6.45) is 2.48. The summed E-state index contributed by atoms with van der Waals surface area (Å²) in [7, 11) is 1.68. The number of hydrogen-bond acceptors (Lipinski definition) is 6. The molecular weight excluding hydrogens is 440 g/mol. The Morgan fingerprint density at radius 3 is 2.43 bits per heavy atom. The Kier molecular flexibility index (Phi) is 8.19. The summed E-state index contributed by atoms with van der Waals surface area (Å²) in [5, 5.41) is 0. The Labute approximate surface area is 207 Å². The summed E-state index contributed by atoms with van der Waals surface area (Å²) in [4.78, 5) is 26.7. The minimum absolute atomic E-state index is 0.0160. The summed E-state index contributed by atoms with van der Waals surface area (Å²) < 4.78 is 11.0. The number of carbonyl (C=O) groups is 1. The number of para-hydroxylation sites is 1. The van der Waals surface area contributed by atoms with Crippen molar-refractivity contribution in [2.45, 2.75) is 33.1 Å². The number of aryl methyl sites for hydroxylation is 2. The molecule has 0 unspecified atom stereocenters. The van der Waals surface area contributed by atoms with Crippen LogP contribution in [0, 0.1) is 6.92 Å². The molecule has 1 aliphatic rings. The van der Waals surface area contributed by atoms with Crippen LogP contribution < -0.4 is 14.4 Å². The highest BCUT2D eigenvalue weighted by Gasteiger charge is 2.24. The highest BCUT2D eigenvalue weighted by Crippen LogP contribution is 2.27. The van der Waals surface area contributed by atoms with Crippen molar-refractivity contribution in [3.05, 3.63) is 77.2 Å². The fourth-order valence-corrected chi connectivity index (χ4v) is 4.45. The van der Waals surface area contributed by atoms with Gasteiger partial charge >= 0.3 is 0 Å². The molecular formula is C28H34N4O3. The van der Waals surface area contributed by atoms with Gasteiger partial charge in [-0.3, -0.25) is 4.79 Å². The Morgan fingerprint density at radius 1 is 0.943 bits per heavy atom. The van der Waals surface area contributed by atoms with Crippen LogP contribution >= 0.6 is 0 Å². The molecule has 1 amide bonds. The van der Waals surface area contributed by atoms with Gasteiger partial charge in [-0.1, -0.05) is 37.3 Å². The van der Waals surface area contributed by atoms with E-state index in [-0.39, 0.29) is 12.5 Å². The van der Waals surface area contributed by atoms with E-state index in [1.165, 1.54) is 5.56 Å². The fraction of sp³-hybridized carbons (Fsp3) is 0.393. The molecule has 2 heterocycles. The second-order valence-electron chi connectivity index (χ2n) is 8.72. The van der Waals surface area contributed by atoms with Crippen molar-refractivity contribution in [3.8, 4) is 11.5 Å². The molecule has 0 saturated carbocycles. The molecule has 7 heteroatoms. The molecule has 0 atom stereocenters. The third-order valence-electron chi connectivity index (χ3n) is 6.31. The van der Waals surface area contributed by atoms with Crippen LogP contribution in [0.2, 0.25) is 0 Å². The molecule has 35 heavy (non-hydrogen) atoms. The third-order valence-corrected chi connectivity index (χ3v) is 6.31. The second-order valence-corrected chi connectivity index (χ2v) is 8.72. The number of aromatic nitrogens is 2. The standard InChI is InChI=1S/C28H34N4O3/c1-4-26-25(19-22-11-13-23(34-3)14-12-22)28(30-21(2)29-26)32-16-8-15-31(17-18-32)27(33)20-35-24-9-6-5-7-10-24/h5-7,9-14H,4,8,15-20H2,1-3H3. The normalized spacial score (nSPS) is 13.9. The van der Waals surface area contributed by atoms with Crippen molar-refractivity contribution in [3.63, 3.8) is 0 Å². The molecule has 0 N–H and O–H groups in total. The lowest BCUT2D eigenvalue weighted by Crippen LogP contribution is -2.38. The van der Waals surface area contributed by atoms with Gasteiger partial charge in [-0.2, -0.15) is 0 Å². The van der Waals surface area contributed by atoms with E-state index in [0.29, 0.717) is 18.8 Å². The number of rotatable bonds is 8. The van der Waals surface area contributed by atoms with E-state index >= 15 is 0 Å². The lowest BCUT2D eigenvalue weighted by Gasteiger charge is -2.26. The maximum Gasteiger partial charge on any atom is 0.260 e. The van der Waals surface area contributed by atoms with E-state index in [1.807, 2.05) is 54.3 Å². The molecule has 184 valence electrons. The molecule has 4 rings (SSSR count). The molecule has 1 aliphatic heterocycles. The maximum atomic E-state index is 12.8. The molecule has 0 aliphatic carbocycles. The van der Waals surface area contributed by atoms with Crippen LogP contribution in [-0.2, 0) is 17.6 Å². The SMILES string of the molecule is CCc1nc(C)nc(N2CCCN(C(=O)COc3ccccc3)CC2)c1Cc1ccc(OC)cc1. The summed E-state index contributed by atoms with van der Waals surface area (Å²) in [5.41, 5.74) is 3.44. The first kappa shape index (κ1) is 24.5. The maximum absolute atomic E-state index is 12.8. The summed E-state index contributed by atoms with van der Waals surface area (Å²) in [6, 6.07) is 17.6. The van der Waals surface area contributed by atoms with Crippen LogP contribution in [0.5, 0.6) is 11.5 Å². The highest BCUT2D eigenvalue weighted by molar-refractivity contribution is 5.78. The Hall–Kier alpha value is -3.61. The third kappa shape index (κ3) is 6.29. The van der Waals surface area contributed by atoms with Gasteiger partial charge in [0.1, 0.15) is 23.1 Å². The number of carbonyl (C=O) groups excluding carboxylic acids is 1. The number of hydrogen-bond donors (Lipinski definition) is 0. The minimum Gasteiger partial charge on any atom is -0.497 e. The van der Waals surface area contributed by atoms with Crippen LogP contribution in [0.4, 0.5) is 5.82 Å². The van der Waals surface area contributed by atoms with Crippen molar-refractivity contribution in [2.24, 2.45) is 0 Å². The molecule has 0 bridgehead atoms. The first-order chi connectivity index (χ1) is 17.1. The van der Waals surface area contributed by atoms with E-state index < -0.39 is 0 Å². The molecule has 1 fully saturated rings. The fourth-order valence-electron chi connectivity index (χ4n) is 4.45. The number of methoxy groups -OCH3 is 1. The Morgan fingerprint density at radius 2 is 1.71 bits per heavy atom. The van der Waals surface area contributed by atoms with Crippen molar-refractivity contribution < 1.29 is 14.3 Å². The molecule has 0 spiro atoms. The molecule has 7 nitrogen and oxygen atoms in total. The lowest BCUT2D eigenvalue weighted by atomic mass is 10.0. The van der Waals surface area contributed by atoms with Crippen LogP contribution in [0.25, 0.3) is 0 Å². The van der Waals surface area contributed by atoms with Crippen molar-refractivity contribution in [1.82, 2.24) is 14.9 Å². The summed E-state index contributed by atoms with van der Waals surface area (Å²) >= 11 is 0. The molecule has 1 aromatic heterocycles. The predicted molar refractivity (Wildman–Crippen MR) is 137 cm³/mol. The largest absolute Gasteiger partial charge is 0.497 e. The molecule has 0 radical (unpaired) electrons. The average molecular weight is 475 g/mol. The zero-order valence-corrected chi connectivity index (χ0v) is 20.9. The number of nitrogens with zero attached hydrogens (tertiary/aromatic N) is 4. The first-order valence-corrected chi connectivity index (χ1v) is 12.3. The number of amides is 1. The van der Waals surface area contributed by atoms with Crippen LogP contribution in [0.3, 0.4) is 0 Å². The Balaban J connectivity index is 1.48. The number of anilines is 1. The van der Waals surface area contributed by atoms with Crippen LogP contribution in [0.15, 0.2) is 54.6 Å². The average Bonchev–Trinajstić information content (AvgIpc) is 3.15. The summed E-state index contributed by atoms with van der Waals surface area (Å²) in [5.74, 6) is 3.34. The van der Waals surface area contributed by atoms with Crippen LogP contribution in [0.1, 0.15) is 36.0 Å². The van der Waals surface area contributed by atoms with E-state index in [0.717, 1.165) is 61.0 Å². The minimum atomic E-state index is 0.0160. The molecule has 2 aromatic carbocycles. The highest BCUT2D eigenvalue weighted by atomic mass is 16.5. The first-order valence-electron chi connectivity index (χ1n) is 12.3. The van der Waals surface area contributed by atoms with Crippen LogP contribution in [-0.4, -0.2) is 60.7 Å². The van der Waals surface area contributed by atoms with Gasteiger partial charge in [0.2, 0.25) is 0 Å². The van der Waals surface area contributed by atoms with Gasteiger partial charge in [-0.25, -0.2) is 9.97 Å². The molecule has 3 aromatic rings. The van der Waals surface area contributed by atoms with Gasteiger partial charge in [0.15, 0.2) is 6.61 Å². The molecule has 1 saturated heterocycles. The number of ether oxygens (including phenoxy) is 2. The van der Waals surface area contributed by atoms with E-state index in [1.54, 1.807) is 7.11 Å². The smallest absolute Gasteiger partial charge is 0.260 e. The van der Waals surface area contributed by atoms with Crippen molar-refractivity contribution >= 4 is 11.7 Å². The topological polar surface area (TPSA) is 67.8 Å². The van der Waals surface area contributed by atoms with Gasteiger partial charge in [-0.15, -0.1) is 0 Å². The van der Waals surface area contributed by atoms with Crippen molar-refractivity contribution in [2.75, 3.05) is 44.8 Å². The van der Waals surface area contributed by atoms with Gasteiger partial charge < -0.3 is 19.3 Å². The quantitative estimate of drug-likeness (QED) is 0.490. The van der Waals surface area contributed by atoms with Crippen molar-refractivity contribution in [1.29, 1.82) is 0 Å². The van der Waals surface area contributed by atoms with Gasteiger partial charge in [0.05, 0.1) is 7.11 Å². The zero-order chi connectivity index (χ0) is 24.6. The predicted octanol–water partition coefficient (Wildman–Crippen LogP) is 4.06. The zero-order valence-electron chi connectivity index (χ0n) is 20.9. The van der Waals surface area contributed by atoms with Gasteiger partial charge in [-0.05, 0) is 49.6 Å². The van der Waals surface area contributed by atoms with E-state index in [2.05, 4.69) is 24.0 Å². The van der Waals surface area contributed by atoms with Gasteiger partial charge in [0, 0.05) is 43.9 Å². The van der Waals surface area contributed by atoms with E-state index in [4.69, 9.17) is 19.4 Å². The Bertz CT molecular complexity index is 1120. The van der Waals surface area contributed by atoms with E-state index in [9.17, 15) is 4.79 Å². The second kappa shape index (κ2) is 11.7.